The molecule has 0 aliphatic carbocycles. The average molecular weight is 130 g/mol. The minimum absolute atomic E-state index is 0.263. The number of hydrogen-bond acceptors (Lipinski definition) is 3. The van der Waals surface area contributed by atoms with Crippen molar-refractivity contribution in [1.82, 2.24) is 0 Å². The zero-order valence-corrected chi connectivity index (χ0v) is 5.16. The minimum atomic E-state index is -0.263. The van der Waals surface area contributed by atoms with Crippen LogP contribution in [0.1, 0.15) is 0 Å². The second kappa shape index (κ2) is 2.22. The van der Waals surface area contributed by atoms with Gasteiger partial charge in [0, 0.05) is 5.75 Å². The molecule has 1 aliphatic heterocycles. The number of thioether (sulfide) groups is 1. The van der Waals surface area contributed by atoms with Gasteiger partial charge < -0.3 is 4.74 Å². The van der Waals surface area contributed by atoms with Crippen LogP contribution in [0.15, 0.2) is 11.5 Å². The van der Waals surface area contributed by atoms with Crippen molar-refractivity contribution in [2.24, 2.45) is 0 Å². The van der Waals surface area contributed by atoms with Crippen LogP contribution in [0, 0.1) is 0 Å². The van der Waals surface area contributed by atoms with E-state index in [-0.39, 0.29) is 5.97 Å². The molecule has 0 amide bonds. The summed E-state index contributed by atoms with van der Waals surface area (Å²) in [5.74, 6) is 0.589. The molecule has 3 heteroatoms. The van der Waals surface area contributed by atoms with E-state index in [0.717, 1.165) is 5.75 Å². The standard InChI is InChI=1S/C5H6O2S/c1-4-5(6)7-2-3-8-4/h1-3H2. The van der Waals surface area contributed by atoms with Crippen molar-refractivity contribution in [2.75, 3.05) is 12.4 Å². The zero-order chi connectivity index (χ0) is 5.98. The molecule has 8 heavy (non-hydrogen) atoms. The lowest BCUT2D eigenvalue weighted by atomic mass is 10.6. The summed E-state index contributed by atoms with van der Waals surface area (Å²) in [6.45, 7) is 4.01. The highest BCUT2D eigenvalue weighted by atomic mass is 32.2. The van der Waals surface area contributed by atoms with Crippen molar-refractivity contribution >= 4 is 17.7 Å². The molecule has 0 aromatic rings. The lowest BCUT2D eigenvalue weighted by molar-refractivity contribution is -0.137. The first kappa shape index (κ1) is 5.69. The van der Waals surface area contributed by atoms with Crippen molar-refractivity contribution in [1.29, 1.82) is 0 Å². The van der Waals surface area contributed by atoms with Crippen LogP contribution in [-0.4, -0.2) is 18.3 Å². The fourth-order valence-electron chi connectivity index (χ4n) is 0.439. The maximum Gasteiger partial charge on any atom is 0.344 e. The van der Waals surface area contributed by atoms with Gasteiger partial charge in [0.15, 0.2) is 0 Å². The number of carbonyl (C=O) groups excluding carboxylic acids is 1. The summed E-state index contributed by atoms with van der Waals surface area (Å²) in [4.78, 5) is 11.0. The van der Waals surface area contributed by atoms with Crippen LogP contribution in [-0.2, 0) is 9.53 Å². The lowest BCUT2D eigenvalue weighted by Gasteiger charge is -2.10. The van der Waals surface area contributed by atoms with Crippen molar-refractivity contribution < 1.29 is 9.53 Å². The summed E-state index contributed by atoms with van der Waals surface area (Å²) in [5, 5.41) is 0. The summed E-state index contributed by atoms with van der Waals surface area (Å²) in [6.07, 6.45) is 0. The summed E-state index contributed by atoms with van der Waals surface area (Å²) in [5.41, 5.74) is 0. The van der Waals surface area contributed by atoms with E-state index in [9.17, 15) is 4.79 Å². The van der Waals surface area contributed by atoms with Crippen molar-refractivity contribution in [3.8, 4) is 0 Å². The molecule has 0 radical (unpaired) electrons. The molecule has 2 nitrogen and oxygen atoms in total. The summed E-state index contributed by atoms with van der Waals surface area (Å²) < 4.78 is 4.63. The average Bonchev–Trinajstić information content (AvgIpc) is 1.77. The van der Waals surface area contributed by atoms with E-state index in [2.05, 4.69) is 11.3 Å². The quantitative estimate of drug-likeness (QED) is 0.358. The van der Waals surface area contributed by atoms with E-state index < -0.39 is 0 Å². The molecule has 0 unspecified atom stereocenters. The van der Waals surface area contributed by atoms with E-state index in [1.54, 1.807) is 0 Å². The molecule has 1 rings (SSSR count). The third-order valence-corrected chi connectivity index (χ3v) is 1.71. The Hall–Kier alpha value is -0.440. The summed E-state index contributed by atoms with van der Waals surface area (Å²) in [6, 6.07) is 0. The van der Waals surface area contributed by atoms with Crippen LogP contribution in [0.5, 0.6) is 0 Å². The topological polar surface area (TPSA) is 26.3 Å². The van der Waals surface area contributed by atoms with Gasteiger partial charge in [-0.1, -0.05) is 6.58 Å². The summed E-state index contributed by atoms with van der Waals surface area (Å²) >= 11 is 1.46. The van der Waals surface area contributed by atoms with Gasteiger partial charge in [-0.15, -0.1) is 11.8 Å². The normalized spacial score (nSPS) is 20.5. The van der Waals surface area contributed by atoms with Crippen LogP contribution in [0.4, 0.5) is 0 Å². The highest BCUT2D eigenvalue weighted by Gasteiger charge is 2.13. The third-order valence-electron chi connectivity index (χ3n) is 0.820. The first-order valence-electron chi connectivity index (χ1n) is 2.29. The number of ether oxygens (including phenoxy) is 1. The predicted molar refractivity (Wildman–Crippen MR) is 32.6 cm³/mol. The van der Waals surface area contributed by atoms with Gasteiger partial charge in [-0.25, -0.2) is 4.79 Å². The van der Waals surface area contributed by atoms with Gasteiger partial charge in [0.1, 0.15) is 6.61 Å². The van der Waals surface area contributed by atoms with E-state index in [1.165, 1.54) is 11.8 Å². The Balaban J connectivity index is 2.52. The number of hydrogen-bond donors (Lipinski definition) is 0. The van der Waals surface area contributed by atoms with Crippen LogP contribution in [0.3, 0.4) is 0 Å². The van der Waals surface area contributed by atoms with Gasteiger partial charge in [0.2, 0.25) is 0 Å². The van der Waals surface area contributed by atoms with Crippen LogP contribution < -0.4 is 0 Å². The number of cyclic esters (lactones) is 1. The number of esters is 1. The molecule has 0 N–H and O–H groups in total. The zero-order valence-electron chi connectivity index (χ0n) is 4.35. The Morgan fingerprint density at radius 3 is 2.88 bits per heavy atom. The Bertz CT molecular complexity index is 114. The van der Waals surface area contributed by atoms with E-state index in [1.807, 2.05) is 0 Å². The van der Waals surface area contributed by atoms with Gasteiger partial charge in [0.25, 0.3) is 0 Å². The number of carbonyl (C=O) groups is 1. The second-order valence-corrected chi connectivity index (χ2v) is 2.60. The minimum Gasteiger partial charge on any atom is -0.461 e. The Labute approximate surface area is 51.9 Å². The molecular formula is C5H6O2S. The Morgan fingerprint density at radius 1 is 1.75 bits per heavy atom. The fraction of sp³-hybridized carbons (Fsp3) is 0.400. The van der Waals surface area contributed by atoms with Gasteiger partial charge >= 0.3 is 5.97 Å². The van der Waals surface area contributed by atoms with Crippen LogP contribution >= 0.6 is 11.8 Å². The lowest BCUT2D eigenvalue weighted by Crippen LogP contribution is -2.13. The Kier molecular flexibility index (Phi) is 1.58. The molecule has 0 spiro atoms. The fourth-order valence-corrected chi connectivity index (χ4v) is 1.03. The van der Waals surface area contributed by atoms with Gasteiger partial charge in [-0.2, -0.15) is 0 Å². The van der Waals surface area contributed by atoms with Gasteiger partial charge in [0.05, 0.1) is 4.91 Å². The van der Waals surface area contributed by atoms with Crippen LogP contribution in [0.2, 0.25) is 0 Å². The molecule has 0 bridgehead atoms. The molecule has 44 valence electrons. The summed E-state index contributed by atoms with van der Waals surface area (Å²) in [7, 11) is 0. The smallest absolute Gasteiger partial charge is 0.344 e. The maximum absolute atomic E-state index is 10.5. The first-order chi connectivity index (χ1) is 3.80. The van der Waals surface area contributed by atoms with E-state index >= 15 is 0 Å². The van der Waals surface area contributed by atoms with E-state index in [4.69, 9.17) is 0 Å². The Morgan fingerprint density at radius 2 is 2.50 bits per heavy atom. The van der Waals surface area contributed by atoms with E-state index in [0.29, 0.717) is 11.5 Å². The largest absolute Gasteiger partial charge is 0.461 e. The molecular weight excluding hydrogens is 124 g/mol. The molecule has 1 heterocycles. The molecule has 1 fully saturated rings. The molecule has 0 atom stereocenters. The SMILES string of the molecule is C=C1SCCOC1=O. The monoisotopic (exact) mass is 130 g/mol. The highest BCUT2D eigenvalue weighted by molar-refractivity contribution is 8.04. The first-order valence-corrected chi connectivity index (χ1v) is 3.28. The molecule has 0 saturated carbocycles. The number of rotatable bonds is 0. The van der Waals surface area contributed by atoms with Crippen LogP contribution in [0.25, 0.3) is 0 Å². The van der Waals surface area contributed by atoms with Crippen molar-refractivity contribution in [3.05, 3.63) is 11.5 Å². The van der Waals surface area contributed by atoms with Crippen molar-refractivity contribution in [2.45, 2.75) is 0 Å². The second-order valence-electron chi connectivity index (χ2n) is 1.41. The van der Waals surface area contributed by atoms with Crippen molar-refractivity contribution in [3.63, 3.8) is 0 Å². The van der Waals surface area contributed by atoms with Gasteiger partial charge in [-0.05, 0) is 0 Å². The molecule has 0 aromatic heterocycles. The molecule has 1 saturated heterocycles. The maximum atomic E-state index is 10.5. The van der Waals surface area contributed by atoms with Gasteiger partial charge in [-0.3, -0.25) is 0 Å². The third kappa shape index (κ3) is 1.04. The molecule has 0 aromatic carbocycles. The highest BCUT2D eigenvalue weighted by Crippen LogP contribution is 2.18. The predicted octanol–water partition coefficient (Wildman–Crippen LogP) is 0.790. The molecule has 1 aliphatic rings.